The Morgan fingerprint density at radius 3 is 2.46 bits per heavy atom. The standard InChI is InChI=1S/C20H17FN2O3/c1-3-12-23-19(24)17(15-6-4-5-7-16(15)26-2)18(20(23)25)22-14-10-8-13(21)9-11-14/h3-11,22H,1,12H2,2H3. The lowest BCUT2D eigenvalue weighted by Crippen LogP contribution is -2.32. The van der Waals surface area contributed by atoms with Gasteiger partial charge in [0.1, 0.15) is 17.3 Å². The number of carbonyl (C=O) groups excluding carboxylic acids is 2. The molecule has 1 aliphatic heterocycles. The number of benzene rings is 2. The summed E-state index contributed by atoms with van der Waals surface area (Å²) in [6.45, 7) is 3.68. The molecular formula is C20H17FN2O3. The van der Waals surface area contributed by atoms with Crippen molar-refractivity contribution in [1.29, 1.82) is 0 Å². The van der Waals surface area contributed by atoms with Crippen LogP contribution in [0.4, 0.5) is 10.1 Å². The molecule has 0 bridgehead atoms. The van der Waals surface area contributed by atoms with Gasteiger partial charge in [-0.3, -0.25) is 14.5 Å². The van der Waals surface area contributed by atoms with Gasteiger partial charge in [0.15, 0.2) is 0 Å². The number of carbonyl (C=O) groups is 2. The van der Waals surface area contributed by atoms with Gasteiger partial charge < -0.3 is 10.1 Å². The van der Waals surface area contributed by atoms with Crippen LogP contribution < -0.4 is 10.1 Å². The maximum absolute atomic E-state index is 13.1. The summed E-state index contributed by atoms with van der Waals surface area (Å²) in [5.41, 5.74) is 1.33. The van der Waals surface area contributed by atoms with E-state index in [4.69, 9.17) is 4.74 Å². The molecule has 1 aliphatic rings. The molecule has 132 valence electrons. The van der Waals surface area contributed by atoms with Crippen molar-refractivity contribution >= 4 is 23.1 Å². The number of hydrogen-bond donors (Lipinski definition) is 1. The van der Waals surface area contributed by atoms with Crippen LogP contribution in [0.1, 0.15) is 5.56 Å². The first-order valence-electron chi connectivity index (χ1n) is 7.94. The van der Waals surface area contributed by atoms with Crippen molar-refractivity contribution in [2.45, 2.75) is 0 Å². The number of hydrogen-bond acceptors (Lipinski definition) is 4. The third-order valence-corrected chi connectivity index (χ3v) is 3.97. The minimum absolute atomic E-state index is 0.0882. The normalized spacial score (nSPS) is 14.0. The highest BCUT2D eigenvalue weighted by atomic mass is 19.1. The van der Waals surface area contributed by atoms with Gasteiger partial charge in [-0.2, -0.15) is 0 Å². The molecule has 5 nitrogen and oxygen atoms in total. The number of nitrogens with zero attached hydrogens (tertiary/aromatic N) is 1. The van der Waals surface area contributed by atoms with E-state index < -0.39 is 17.6 Å². The van der Waals surface area contributed by atoms with Gasteiger partial charge in [-0.25, -0.2) is 4.39 Å². The third kappa shape index (κ3) is 3.09. The largest absolute Gasteiger partial charge is 0.496 e. The molecule has 0 unspecified atom stereocenters. The van der Waals surface area contributed by atoms with Gasteiger partial charge in [-0.15, -0.1) is 6.58 Å². The molecule has 6 heteroatoms. The Balaban J connectivity index is 2.12. The Morgan fingerprint density at radius 2 is 1.81 bits per heavy atom. The van der Waals surface area contributed by atoms with Gasteiger partial charge in [-0.1, -0.05) is 24.3 Å². The Morgan fingerprint density at radius 1 is 1.12 bits per heavy atom. The molecule has 0 saturated heterocycles. The Bertz CT molecular complexity index is 904. The fraction of sp³-hybridized carbons (Fsp3) is 0.100. The molecule has 0 radical (unpaired) electrons. The smallest absolute Gasteiger partial charge is 0.278 e. The van der Waals surface area contributed by atoms with Crippen molar-refractivity contribution in [2.75, 3.05) is 19.0 Å². The zero-order valence-electron chi connectivity index (χ0n) is 14.2. The van der Waals surface area contributed by atoms with Crippen LogP contribution in [0.2, 0.25) is 0 Å². The lowest BCUT2D eigenvalue weighted by atomic mass is 10.0. The lowest BCUT2D eigenvalue weighted by molar-refractivity contribution is -0.136. The van der Waals surface area contributed by atoms with Crippen LogP contribution in [0.25, 0.3) is 5.57 Å². The highest BCUT2D eigenvalue weighted by Gasteiger charge is 2.39. The van der Waals surface area contributed by atoms with Crippen LogP contribution in [0, 0.1) is 5.82 Å². The first-order chi connectivity index (χ1) is 12.6. The average molecular weight is 352 g/mol. The van der Waals surface area contributed by atoms with E-state index in [2.05, 4.69) is 11.9 Å². The molecule has 3 rings (SSSR count). The summed E-state index contributed by atoms with van der Waals surface area (Å²) in [6.07, 6.45) is 1.48. The SMILES string of the molecule is C=CCN1C(=O)C(Nc2ccc(F)cc2)=C(c2ccccc2OC)C1=O. The van der Waals surface area contributed by atoms with Gasteiger partial charge in [-0.05, 0) is 30.3 Å². The van der Waals surface area contributed by atoms with Crippen LogP contribution in [0.3, 0.4) is 0 Å². The van der Waals surface area contributed by atoms with Gasteiger partial charge in [0, 0.05) is 17.8 Å². The molecule has 1 heterocycles. The van der Waals surface area contributed by atoms with Crippen LogP contribution in [-0.2, 0) is 9.59 Å². The predicted molar refractivity (Wildman–Crippen MR) is 96.9 cm³/mol. The summed E-state index contributed by atoms with van der Waals surface area (Å²) >= 11 is 0. The van der Waals surface area contributed by atoms with Crippen LogP contribution in [0.15, 0.2) is 66.9 Å². The summed E-state index contributed by atoms with van der Waals surface area (Å²) < 4.78 is 18.5. The molecule has 2 amide bonds. The second-order valence-electron chi connectivity index (χ2n) is 5.59. The summed E-state index contributed by atoms with van der Waals surface area (Å²) in [7, 11) is 1.50. The zero-order chi connectivity index (χ0) is 18.7. The highest BCUT2D eigenvalue weighted by Crippen LogP contribution is 2.35. The number of rotatable bonds is 6. The van der Waals surface area contributed by atoms with E-state index in [0.29, 0.717) is 17.0 Å². The fourth-order valence-corrected chi connectivity index (χ4v) is 2.77. The van der Waals surface area contributed by atoms with Crippen molar-refractivity contribution in [3.8, 4) is 5.75 Å². The van der Waals surface area contributed by atoms with E-state index in [-0.39, 0.29) is 17.8 Å². The van der Waals surface area contributed by atoms with Gasteiger partial charge >= 0.3 is 0 Å². The van der Waals surface area contributed by atoms with E-state index in [0.717, 1.165) is 4.90 Å². The summed E-state index contributed by atoms with van der Waals surface area (Å²) in [5, 5.41) is 2.95. The summed E-state index contributed by atoms with van der Waals surface area (Å²) in [5.74, 6) is -0.830. The second kappa shape index (κ2) is 7.23. The van der Waals surface area contributed by atoms with Gasteiger partial charge in [0.2, 0.25) is 0 Å². The quantitative estimate of drug-likeness (QED) is 0.641. The van der Waals surface area contributed by atoms with Crippen LogP contribution >= 0.6 is 0 Å². The third-order valence-electron chi connectivity index (χ3n) is 3.97. The van der Waals surface area contributed by atoms with E-state index in [1.807, 2.05) is 0 Å². The number of imide groups is 1. The van der Waals surface area contributed by atoms with Crippen molar-refractivity contribution < 1.29 is 18.7 Å². The monoisotopic (exact) mass is 352 g/mol. The number of ether oxygens (including phenoxy) is 1. The van der Waals surface area contributed by atoms with E-state index >= 15 is 0 Å². The molecule has 2 aromatic rings. The Hall–Kier alpha value is -3.41. The van der Waals surface area contributed by atoms with E-state index in [1.165, 1.54) is 37.5 Å². The first-order valence-corrected chi connectivity index (χ1v) is 7.94. The first kappa shape index (κ1) is 17.4. The Labute approximate surface area is 150 Å². The van der Waals surface area contributed by atoms with E-state index in [1.54, 1.807) is 24.3 Å². The molecular weight excluding hydrogens is 335 g/mol. The molecule has 0 fully saturated rings. The van der Waals surface area contributed by atoms with Gasteiger partial charge in [0.25, 0.3) is 11.8 Å². The molecule has 0 aromatic heterocycles. The highest BCUT2D eigenvalue weighted by molar-refractivity contribution is 6.37. The number of methoxy groups -OCH3 is 1. The number of nitrogens with one attached hydrogen (secondary N) is 1. The number of para-hydroxylation sites is 1. The van der Waals surface area contributed by atoms with Crippen molar-refractivity contribution in [1.82, 2.24) is 4.90 Å². The molecule has 0 aliphatic carbocycles. The molecule has 0 spiro atoms. The molecule has 26 heavy (non-hydrogen) atoms. The van der Waals surface area contributed by atoms with Crippen LogP contribution in [0.5, 0.6) is 5.75 Å². The van der Waals surface area contributed by atoms with Crippen LogP contribution in [-0.4, -0.2) is 30.4 Å². The van der Waals surface area contributed by atoms with E-state index in [9.17, 15) is 14.0 Å². The van der Waals surface area contributed by atoms with Crippen molar-refractivity contribution in [2.24, 2.45) is 0 Å². The molecule has 1 N–H and O–H groups in total. The molecule has 0 saturated carbocycles. The molecule has 0 atom stereocenters. The zero-order valence-corrected chi connectivity index (χ0v) is 14.2. The minimum atomic E-state index is -0.472. The van der Waals surface area contributed by atoms with Crippen molar-refractivity contribution in [3.05, 3.63) is 78.3 Å². The average Bonchev–Trinajstić information content (AvgIpc) is 2.88. The minimum Gasteiger partial charge on any atom is -0.496 e. The second-order valence-corrected chi connectivity index (χ2v) is 5.59. The number of halogens is 1. The van der Waals surface area contributed by atoms with Gasteiger partial charge in [0.05, 0.1) is 12.7 Å². The molecule has 2 aromatic carbocycles. The van der Waals surface area contributed by atoms with Crippen molar-refractivity contribution in [3.63, 3.8) is 0 Å². The maximum Gasteiger partial charge on any atom is 0.278 e. The maximum atomic E-state index is 13.1. The number of amides is 2. The Kier molecular flexibility index (Phi) is 4.84. The summed E-state index contributed by atoms with van der Waals surface area (Å²) in [4.78, 5) is 26.8. The predicted octanol–water partition coefficient (Wildman–Crippen LogP) is 3.21. The number of anilines is 1. The topological polar surface area (TPSA) is 58.6 Å². The fourth-order valence-electron chi connectivity index (χ4n) is 2.77. The summed E-state index contributed by atoms with van der Waals surface area (Å²) in [6, 6.07) is 12.5. The lowest BCUT2D eigenvalue weighted by Gasteiger charge is -2.12.